The van der Waals surface area contributed by atoms with Crippen LogP contribution < -0.4 is 11.3 Å². The number of H-pyrrole nitrogens is 1. The maximum Gasteiger partial charge on any atom is 0.387 e. The SMILES string of the molecule is Nc1nc2c(ncn2[C@@H]2O[C@@H]3COPOCCn4c(nc5cncnc54)COP(=O)(S)O[C@@H]2[C@@H]3F)c(=O)[nH]1. The quantitative estimate of drug-likeness (QED) is 0.213. The summed E-state index contributed by atoms with van der Waals surface area (Å²) in [4.78, 5) is 35.3. The number of aromatic nitrogens is 8. The number of nitrogens with one attached hydrogen (secondary N) is 1. The van der Waals surface area contributed by atoms with Gasteiger partial charge in [-0.25, -0.2) is 28.9 Å². The molecule has 0 aromatic carbocycles. The molecule has 2 aliphatic heterocycles. The molecule has 3 N–H and O–H groups in total. The van der Waals surface area contributed by atoms with E-state index in [4.69, 9.17) is 28.6 Å². The van der Waals surface area contributed by atoms with Gasteiger partial charge in [0, 0.05) is 6.54 Å². The average molecular weight is 587 g/mol. The number of nitrogen functional groups attached to an aromatic ring is 1. The summed E-state index contributed by atoms with van der Waals surface area (Å²) in [6.45, 7) is -4.16. The van der Waals surface area contributed by atoms with E-state index in [1.54, 1.807) is 4.57 Å². The first-order chi connectivity index (χ1) is 18.3. The molecule has 0 saturated carbocycles. The number of thiol groups is 1. The Morgan fingerprint density at radius 2 is 2.13 bits per heavy atom. The van der Waals surface area contributed by atoms with E-state index in [1.165, 1.54) is 23.4 Å². The Hall–Kier alpha value is -2.56. The molecular weight excluding hydrogens is 567 g/mol. The Morgan fingerprint density at radius 1 is 1.26 bits per heavy atom. The van der Waals surface area contributed by atoms with Gasteiger partial charge in [0.15, 0.2) is 38.2 Å². The lowest BCUT2D eigenvalue weighted by Gasteiger charge is -2.24. The van der Waals surface area contributed by atoms with Crippen molar-refractivity contribution < 1.29 is 31.8 Å². The Bertz CT molecular complexity index is 1600. The number of rotatable bonds is 1. The summed E-state index contributed by atoms with van der Waals surface area (Å²) in [6, 6.07) is 0. The fourth-order valence-electron chi connectivity index (χ4n) is 4.22. The van der Waals surface area contributed by atoms with E-state index in [-0.39, 0.29) is 36.9 Å². The first kappa shape index (κ1) is 25.7. The van der Waals surface area contributed by atoms with Gasteiger partial charge in [-0.05, 0) is 0 Å². The van der Waals surface area contributed by atoms with Crippen LogP contribution in [0.25, 0.3) is 22.3 Å². The molecule has 2 unspecified atom stereocenters. The molecule has 1 saturated heterocycles. The monoisotopic (exact) mass is 587 g/mol. The number of ether oxygens (including phenoxy) is 1. The van der Waals surface area contributed by atoms with Crippen molar-refractivity contribution >= 4 is 56.4 Å². The maximum absolute atomic E-state index is 15.6. The molecule has 0 aliphatic carbocycles. The standard InChI is InChI=1S/C18H20FN9O7P2S/c19-11-9-4-32-36-31-2-1-27-10(24-8-3-21-6-22-14(8)27)5-33-37(30,38)35-13(11)17(34-9)28-7-23-12-15(28)25-18(20)26-16(12)29/h3,6-7,9,11,13,17,36H,1-2,4-5H2,(H,30,38)(H3,20,25,26,29)/t9-,11-,13-,17-,37?/m1/s1. The fraction of sp³-hybridized carbons (Fsp3) is 0.444. The molecule has 6 rings (SSSR count). The van der Waals surface area contributed by atoms with Gasteiger partial charge in [-0.2, -0.15) is 4.98 Å². The van der Waals surface area contributed by atoms with E-state index in [0.717, 1.165) is 0 Å². The van der Waals surface area contributed by atoms with Crippen molar-refractivity contribution in [2.45, 2.75) is 37.8 Å². The number of imidazole rings is 2. The van der Waals surface area contributed by atoms with Gasteiger partial charge in [-0.15, -0.1) is 0 Å². The van der Waals surface area contributed by atoms with Crippen molar-refractivity contribution in [3.63, 3.8) is 0 Å². The molecular formula is C18H20FN9O7P2S. The second kappa shape index (κ2) is 10.2. The lowest BCUT2D eigenvalue weighted by Crippen LogP contribution is -2.31. The minimum atomic E-state index is -4.21. The third-order valence-electron chi connectivity index (χ3n) is 5.87. The largest absolute Gasteiger partial charge is 0.387 e. The summed E-state index contributed by atoms with van der Waals surface area (Å²) in [6.07, 6.45) is -1.63. The number of alkyl halides is 1. The van der Waals surface area contributed by atoms with Crippen molar-refractivity contribution in [2.75, 3.05) is 18.9 Å². The molecule has 2 bridgehead atoms. The highest BCUT2D eigenvalue weighted by Crippen LogP contribution is 2.57. The van der Waals surface area contributed by atoms with E-state index in [1.807, 2.05) is 0 Å². The molecule has 6 heterocycles. The highest BCUT2D eigenvalue weighted by molar-refractivity contribution is 8.44. The molecule has 4 aromatic heterocycles. The molecule has 20 heteroatoms. The molecule has 4 aromatic rings. The second-order valence-corrected chi connectivity index (χ2v) is 11.9. The molecule has 0 spiro atoms. The van der Waals surface area contributed by atoms with E-state index in [2.05, 4.69) is 42.2 Å². The van der Waals surface area contributed by atoms with Crippen molar-refractivity contribution in [2.24, 2.45) is 0 Å². The first-order valence-corrected chi connectivity index (χ1v) is 14.6. The number of fused-ring (bicyclic) bond motifs is 6. The zero-order valence-corrected chi connectivity index (χ0v) is 22.0. The van der Waals surface area contributed by atoms with Crippen molar-refractivity contribution in [1.82, 2.24) is 39.0 Å². The zero-order chi connectivity index (χ0) is 26.4. The molecule has 1 fully saturated rings. The summed E-state index contributed by atoms with van der Waals surface area (Å²) in [7, 11) is -0.421. The van der Waals surface area contributed by atoms with Crippen molar-refractivity contribution in [1.29, 1.82) is 0 Å². The van der Waals surface area contributed by atoms with Crippen LogP contribution in [0.5, 0.6) is 0 Å². The number of aromatic amines is 1. The maximum atomic E-state index is 15.6. The molecule has 0 radical (unpaired) electrons. The van der Waals surface area contributed by atoms with Gasteiger partial charge in [-0.3, -0.25) is 23.4 Å². The van der Waals surface area contributed by atoms with Crippen LogP contribution in [0.15, 0.2) is 23.6 Å². The van der Waals surface area contributed by atoms with Gasteiger partial charge < -0.3 is 24.1 Å². The zero-order valence-electron chi connectivity index (χ0n) is 19.2. The first-order valence-electron chi connectivity index (χ1n) is 11.1. The lowest BCUT2D eigenvalue weighted by molar-refractivity contribution is -0.0430. The highest BCUT2D eigenvalue weighted by atomic mass is 32.7. The second-order valence-electron chi connectivity index (χ2n) is 8.25. The molecule has 202 valence electrons. The van der Waals surface area contributed by atoms with Crippen LogP contribution in [0.1, 0.15) is 12.1 Å². The Morgan fingerprint density at radius 3 is 3.00 bits per heavy atom. The fourth-order valence-corrected chi connectivity index (χ4v) is 6.08. The van der Waals surface area contributed by atoms with Gasteiger partial charge in [0.2, 0.25) is 5.95 Å². The number of anilines is 1. The smallest absolute Gasteiger partial charge is 0.369 e. The summed E-state index contributed by atoms with van der Waals surface area (Å²) in [5.41, 5.74) is 6.07. The summed E-state index contributed by atoms with van der Waals surface area (Å²) in [5.74, 6) is 0.175. The van der Waals surface area contributed by atoms with Crippen molar-refractivity contribution in [3.8, 4) is 0 Å². The number of hydrogen-bond acceptors (Lipinski definition) is 13. The van der Waals surface area contributed by atoms with Crippen LogP contribution in [0, 0.1) is 0 Å². The van der Waals surface area contributed by atoms with Gasteiger partial charge >= 0.3 is 6.80 Å². The third kappa shape index (κ3) is 4.82. The predicted molar refractivity (Wildman–Crippen MR) is 133 cm³/mol. The Labute approximate surface area is 219 Å². The van der Waals surface area contributed by atoms with E-state index in [0.29, 0.717) is 23.5 Å². The van der Waals surface area contributed by atoms with Crippen LogP contribution in [-0.4, -0.2) is 70.6 Å². The molecule has 2 aliphatic rings. The molecule has 0 amide bonds. The van der Waals surface area contributed by atoms with Gasteiger partial charge in [-0.1, -0.05) is 12.2 Å². The lowest BCUT2D eigenvalue weighted by atomic mass is 10.1. The predicted octanol–water partition coefficient (Wildman–Crippen LogP) is 1.27. The van der Waals surface area contributed by atoms with Gasteiger partial charge in [0.05, 0.1) is 25.7 Å². The summed E-state index contributed by atoms with van der Waals surface area (Å²) in [5, 5.41) is 0. The van der Waals surface area contributed by atoms with E-state index < -0.39 is 46.0 Å². The number of hydrogen-bond donors (Lipinski definition) is 3. The minimum absolute atomic E-state index is 0.0166. The molecule has 6 atom stereocenters. The van der Waals surface area contributed by atoms with Crippen LogP contribution in [0.3, 0.4) is 0 Å². The van der Waals surface area contributed by atoms with Crippen molar-refractivity contribution in [3.05, 3.63) is 35.0 Å². The van der Waals surface area contributed by atoms with Crippen LogP contribution in [0.4, 0.5) is 10.3 Å². The van der Waals surface area contributed by atoms with E-state index in [9.17, 15) is 9.36 Å². The van der Waals surface area contributed by atoms with Crippen LogP contribution >= 0.6 is 28.1 Å². The summed E-state index contributed by atoms with van der Waals surface area (Å²) < 4.78 is 60.0. The molecule has 38 heavy (non-hydrogen) atoms. The van der Waals surface area contributed by atoms with Crippen LogP contribution in [-0.2, 0) is 40.5 Å². The minimum Gasteiger partial charge on any atom is -0.369 e. The topological polar surface area (TPSA) is 196 Å². The highest BCUT2D eigenvalue weighted by Gasteiger charge is 2.50. The average Bonchev–Trinajstić information content (AvgIpc) is 3.54. The number of nitrogens with zero attached hydrogens (tertiary/aromatic N) is 7. The Kier molecular flexibility index (Phi) is 6.90. The molecule has 16 nitrogen and oxygen atoms in total. The van der Waals surface area contributed by atoms with E-state index >= 15 is 4.39 Å². The number of nitrogens with two attached hydrogens (primary N) is 1. The van der Waals surface area contributed by atoms with Gasteiger partial charge in [0.25, 0.3) is 5.56 Å². The third-order valence-corrected chi connectivity index (χ3v) is 8.07. The summed E-state index contributed by atoms with van der Waals surface area (Å²) >= 11 is 4.07. The Balaban J connectivity index is 1.34. The van der Waals surface area contributed by atoms with Crippen LogP contribution in [0.2, 0.25) is 0 Å². The van der Waals surface area contributed by atoms with Gasteiger partial charge in [0.1, 0.15) is 36.5 Å². The normalized spacial score (nSPS) is 29.8. The number of halogens is 1.